The minimum Gasteiger partial charge on any atom is -0.497 e. The van der Waals surface area contributed by atoms with Crippen LogP contribution in [0, 0.1) is 0 Å². The van der Waals surface area contributed by atoms with Gasteiger partial charge in [0.2, 0.25) is 5.89 Å². The summed E-state index contributed by atoms with van der Waals surface area (Å²) in [5.41, 5.74) is 5.38. The minimum absolute atomic E-state index is 0.260. The van der Waals surface area contributed by atoms with Crippen molar-refractivity contribution in [3.05, 3.63) is 30.2 Å². The van der Waals surface area contributed by atoms with E-state index in [4.69, 9.17) is 19.6 Å². The third-order valence-electron chi connectivity index (χ3n) is 2.26. The van der Waals surface area contributed by atoms with E-state index in [0.717, 1.165) is 17.3 Å². The Morgan fingerprint density at radius 3 is 2.58 bits per heavy atom. The van der Waals surface area contributed by atoms with Crippen LogP contribution in [0.1, 0.15) is 5.89 Å². The SMILES string of the molecule is COc1ccc(OCCSc2nnc(CN)o2)cc1. The van der Waals surface area contributed by atoms with Crippen molar-refractivity contribution >= 4 is 11.8 Å². The van der Waals surface area contributed by atoms with Crippen LogP contribution in [0.25, 0.3) is 0 Å². The van der Waals surface area contributed by atoms with E-state index in [0.29, 0.717) is 17.7 Å². The van der Waals surface area contributed by atoms with E-state index in [2.05, 4.69) is 10.2 Å². The van der Waals surface area contributed by atoms with E-state index in [1.165, 1.54) is 11.8 Å². The van der Waals surface area contributed by atoms with Crippen molar-refractivity contribution in [3.63, 3.8) is 0 Å². The van der Waals surface area contributed by atoms with Gasteiger partial charge >= 0.3 is 0 Å². The van der Waals surface area contributed by atoms with Gasteiger partial charge in [-0.25, -0.2) is 0 Å². The number of nitrogens with zero attached hydrogens (tertiary/aromatic N) is 2. The van der Waals surface area contributed by atoms with E-state index in [-0.39, 0.29) is 6.54 Å². The van der Waals surface area contributed by atoms with Crippen LogP contribution in [0.2, 0.25) is 0 Å². The molecule has 0 unspecified atom stereocenters. The molecule has 1 heterocycles. The molecule has 0 saturated carbocycles. The molecule has 2 N–H and O–H groups in total. The number of nitrogens with two attached hydrogens (primary N) is 1. The second kappa shape index (κ2) is 7.01. The molecular weight excluding hydrogens is 266 g/mol. The summed E-state index contributed by atoms with van der Waals surface area (Å²) in [6, 6.07) is 7.44. The van der Waals surface area contributed by atoms with Gasteiger partial charge in [-0.2, -0.15) is 0 Å². The first-order valence-corrected chi connectivity index (χ1v) is 6.72. The maximum atomic E-state index is 5.57. The lowest BCUT2D eigenvalue weighted by Crippen LogP contribution is -2.00. The average molecular weight is 281 g/mol. The molecule has 0 atom stereocenters. The summed E-state index contributed by atoms with van der Waals surface area (Å²) in [6.07, 6.45) is 0. The van der Waals surface area contributed by atoms with Crippen LogP contribution in [-0.2, 0) is 6.54 Å². The monoisotopic (exact) mass is 281 g/mol. The van der Waals surface area contributed by atoms with Gasteiger partial charge in [0.05, 0.1) is 20.3 Å². The first-order chi connectivity index (χ1) is 9.31. The number of rotatable bonds is 7. The maximum absolute atomic E-state index is 5.57. The minimum atomic E-state index is 0.260. The third-order valence-corrected chi connectivity index (χ3v) is 3.04. The molecule has 0 fully saturated rings. The first kappa shape index (κ1) is 13.7. The van der Waals surface area contributed by atoms with Crippen molar-refractivity contribution in [2.45, 2.75) is 11.8 Å². The zero-order chi connectivity index (χ0) is 13.5. The van der Waals surface area contributed by atoms with Crippen LogP contribution in [0.5, 0.6) is 11.5 Å². The average Bonchev–Trinajstić information content (AvgIpc) is 2.92. The van der Waals surface area contributed by atoms with Gasteiger partial charge in [0, 0.05) is 5.75 Å². The van der Waals surface area contributed by atoms with Gasteiger partial charge in [-0.1, -0.05) is 11.8 Å². The van der Waals surface area contributed by atoms with Gasteiger partial charge in [-0.15, -0.1) is 10.2 Å². The highest BCUT2D eigenvalue weighted by molar-refractivity contribution is 7.99. The fourth-order valence-corrected chi connectivity index (χ4v) is 1.93. The lowest BCUT2D eigenvalue weighted by molar-refractivity contribution is 0.341. The number of thioether (sulfide) groups is 1. The Labute approximate surface area is 115 Å². The van der Waals surface area contributed by atoms with E-state index in [1.807, 2.05) is 24.3 Å². The molecule has 7 heteroatoms. The number of methoxy groups -OCH3 is 1. The normalized spacial score (nSPS) is 10.4. The van der Waals surface area contributed by atoms with E-state index in [9.17, 15) is 0 Å². The van der Waals surface area contributed by atoms with E-state index in [1.54, 1.807) is 7.11 Å². The predicted molar refractivity (Wildman–Crippen MR) is 71.4 cm³/mol. The molecule has 0 aliphatic heterocycles. The van der Waals surface area contributed by atoms with Gasteiger partial charge < -0.3 is 19.6 Å². The fourth-order valence-electron chi connectivity index (χ4n) is 1.34. The summed E-state index contributed by atoms with van der Waals surface area (Å²) in [5, 5.41) is 8.13. The summed E-state index contributed by atoms with van der Waals surface area (Å²) in [5.74, 6) is 2.77. The van der Waals surface area contributed by atoms with Crippen molar-refractivity contribution in [3.8, 4) is 11.5 Å². The Morgan fingerprint density at radius 1 is 1.21 bits per heavy atom. The molecule has 0 aliphatic carbocycles. The largest absolute Gasteiger partial charge is 0.497 e. The van der Waals surface area contributed by atoms with Crippen molar-refractivity contribution < 1.29 is 13.9 Å². The highest BCUT2D eigenvalue weighted by atomic mass is 32.2. The van der Waals surface area contributed by atoms with Crippen LogP contribution in [0.15, 0.2) is 33.9 Å². The Morgan fingerprint density at radius 2 is 1.95 bits per heavy atom. The molecule has 0 spiro atoms. The molecule has 0 saturated heterocycles. The van der Waals surface area contributed by atoms with E-state index >= 15 is 0 Å². The highest BCUT2D eigenvalue weighted by Crippen LogP contribution is 2.19. The molecule has 19 heavy (non-hydrogen) atoms. The van der Waals surface area contributed by atoms with Gasteiger partial charge in [0.1, 0.15) is 11.5 Å². The molecule has 1 aromatic carbocycles. The smallest absolute Gasteiger partial charge is 0.276 e. The zero-order valence-corrected chi connectivity index (χ0v) is 11.4. The Balaban J connectivity index is 1.71. The lowest BCUT2D eigenvalue weighted by Gasteiger charge is -2.05. The summed E-state index contributed by atoms with van der Waals surface area (Å²) in [4.78, 5) is 0. The van der Waals surface area contributed by atoms with Gasteiger partial charge in [-0.3, -0.25) is 0 Å². The highest BCUT2D eigenvalue weighted by Gasteiger charge is 2.04. The predicted octanol–water partition coefficient (Wildman–Crippen LogP) is 1.71. The Bertz CT molecular complexity index is 501. The molecule has 0 radical (unpaired) electrons. The van der Waals surface area contributed by atoms with Gasteiger partial charge in [0.25, 0.3) is 5.22 Å². The topological polar surface area (TPSA) is 83.4 Å². The van der Waals surface area contributed by atoms with Crippen molar-refractivity contribution in [1.82, 2.24) is 10.2 Å². The molecular formula is C12H15N3O3S. The quantitative estimate of drug-likeness (QED) is 0.611. The summed E-state index contributed by atoms with van der Waals surface area (Å²) in [6.45, 7) is 0.813. The van der Waals surface area contributed by atoms with Gasteiger partial charge in [0.15, 0.2) is 0 Å². The number of hydrogen-bond acceptors (Lipinski definition) is 7. The van der Waals surface area contributed by atoms with Crippen LogP contribution in [0.3, 0.4) is 0 Å². The summed E-state index contributed by atoms with van der Waals surface area (Å²) < 4.78 is 15.9. The number of hydrogen-bond donors (Lipinski definition) is 1. The number of benzene rings is 1. The molecule has 0 amide bonds. The molecule has 2 aromatic rings. The van der Waals surface area contributed by atoms with Crippen molar-refractivity contribution in [1.29, 1.82) is 0 Å². The summed E-state index contributed by atoms with van der Waals surface area (Å²) >= 11 is 1.44. The summed E-state index contributed by atoms with van der Waals surface area (Å²) in [7, 11) is 1.63. The second-order valence-electron chi connectivity index (χ2n) is 3.54. The third kappa shape index (κ3) is 4.15. The molecule has 2 rings (SSSR count). The van der Waals surface area contributed by atoms with Crippen LogP contribution in [0.4, 0.5) is 0 Å². The standard InChI is InChI=1S/C12H15N3O3S/c1-16-9-2-4-10(5-3-9)17-6-7-19-12-15-14-11(8-13)18-12/h2-5H,6-8,13H2,1H3. The van der Waals surface area contributed by atoms with Crippen LogP contribution < -0.4 is 15.2 Å². The number of ether oxygens (including phenoxy) is 2. The molecule has 102 valence electrons. The van der Waals surface area contributed by atoms with E-state index < -0.39 is 0 Å². The van der Waals surface area contributed by atoms with Gasteiger partial charge in [-0.05, 0) is 24.3 Å². The molecule has 6 nitrogen and oxygen atoms in total. The zero-order valence-electron chi connectivity index (χ0n) is 10.5. The molecule has 0 bridgehead atoms. The Hall–Kier alpha value is -1.73. The first-order valence-electron chi connectivity index (χ1n) is 5.74. The van der Waals surface area contributed by atoms with Crippen molar-refractivity contribution in [2.24, 2.45) is 5.73 Å². The Kier molecular flexibility index (Phi) is 5.05. The number of aromatic nitrogens is 2. The molecule has 1 aromatic heterocycles. The van der Waals surface area contributed by atoms with Crippen LogP contribution in [-0.4, -0.2) is 29.7 Å². The fraction of sp³-hybridized carbons (Fsp3) is 0.333. The molecule has 0 aliphatic rings. The maximum Gasteiger partial charge on any atom is 0.276 e. The van der Waals surface area contributed by atoms with Crippen molar-refractivity contribution in [2.75, 3.05) is 19.5 Å². The lowest BCUT2D eigenvalue weighted by atomic mass is 10.3. The van der Waals surface area contributed by atoms with Crippen LogP contribution >= 0.6 is 11.8 Å². The second-order valence-corrected chi connectivity index (χ2v) is 4.58.